The van der Waals surface area contributed by atoms with Gasteiger partial charge in [0.1, 0.15) is 0 Å². The molecule has 0 bridgehead atoms. The third kappa shape index (κ3) is 2.16. The molecular weight excluding hydrogens is 328 g/mol. The van der Waals surface area contributed by atoms with Crippen LogP contribution in [0.1, 0.15) is 0 Å². The van der Waals surface area contributed by atoms with Gasteiger partial charge in [0.25, 0.3) is 5.89 Å². The van der Waals surface area contributed by atoms with Gasteiger partial charge in [-0.1, -0.05) is 11.2 Å². The van der Waals surface area contributed by atoms with Crippen LogP contribution < -0.4 is 9.47 Å². The van der Waals surface area contributed by atoms with E-state index in [1.165, 1.54) is 0 Å². The van der Waals surface area contributed by atoms with E-state index < -0.39 is 0 Å². The highest BCUT2D eigenvalue weighted by molar-refractivity contribution is 7.13. The van der Waals surface area contributed by atoms with E-state index in [-0.39, 0.29) is 6.79 Å². The van der Waals surface area contributed by atoms with Crippen molar-refractivity contribution in [2.45, 2.75) is 0 Å². The second kappa shape index (κ2) is 5.20. The first-order chi connectivity index (χ1) is 11.9. The van der Waals surface area contributed by atoms with Crippen LogP contribution in [-0.4, -0.2) is 27.1 Å². The van der Waals surface area contributed by atoms with Gasteiger partial charge < -0.3 is 14.0 Å². The molecule has 0 saturated carbocycles. The summed E-state index contributed by atoms with van der Waals surface area (Å²) in [4.78, 5) is 5.52. The highest BCUT2D eigenvalue weighted by Crippen LogP contribution is 2.35. The van der Waals surface area contributed by atoms with Crippen LogP contribution >= 0.6 is 11.3 Å². The first kappa shape index (κ1) is 13.3. The van der Waals surface area contributed by atoms with Gasteiger partial charge in [-0.2, -0.15) is 10.1 Å². The molecule has 0 saturated heterocycles. The van der Waals surface area contributed by atoms with Gasteiger partial charge in [-0.15, -0.1) is 11.3 Å². The zero-order valence-electron chi connectivity index (χ0n) is 12.2. The molecule has 1 aliphatic rings. The Bertz CT molecular complexity index is 1010. The van der Waals surface area contributed by atoms with E-state index in [1.807, 2.05) is 41.8 Å². The molecule has 0 spiro atoms. The number of aromatic nitrogens is 4. The van der Waals surface area contributed by atoms with Crippen molar-refractivity contribution in [1.29, 1.82) is 0 Å². The fraction of sp³-hybridized carbons (Fsp3) is 0.0625. The minimum absolute atomic E-state index is 0.231. The fourth-order valence-corrected chi connectivity index (χ4v) is 3.16. The molecule has 1 N–H and O–H groups in total. The quantitative estimate of drug-likeness (QED) is 0.614. The van der Waals surface area contributed by atoms with Crippen LogP contribution in [0.4, 0.5) is 0 Å². The summed E-state index contributed by atoms with van der Waals surface area (Å²) in [7, 11) is 0. The van der Waals surface area contributed by atoms with Crippen LogP contribution in [-0.2, 0) is 0 Å². The number of fused-ring (bicyclic) bond motifs is 1. The maximum atomic E-state index is 5.37. The van der Waals surface area contributed by atoms with Gasteiger partial charge in [0.15, 0.2) is 17.2 Å². The topological polar surface area (TPSA) is 86.1 Å². The van der Waals surface area contributed by atoms with E-state index in [0.717, 1.165) is 21.9 Å². The predicted octanol–water partition coefficient (Wildman–Crippen LogP) is 3.58. The van der Waals surface area contributed by atoms with Crippen molar-refractivity contribution >= 4 is 11.3 Å². The Balaban J connectivity index is 1.47. The number of ether oxygens (including phenoxy) is 2. The molecule has 1 aromatic carbocycles. The van der Waals surface area contributed by atoms with Gasteiger partial charge in [-0.3, -0.25) is 5.10 Å². The smallest absolute Gasteiger partial charge is 0.278 e. The first-order valence-electron chi connectivity index (χ1n) is 7.20. The summed E-state index contributed by atoms with van der Waals surface area (Å²) in [5, 5.41) is 13.3. The van der Waals surface area contributed by atoms with Crippen molar-refractivity contribution in [3.63, 3.8) is 0 Å². The zero-order valence-corrected chi connectivity index (χ0v) is 13.0. The number of benzene rings is 1. The Hall–Kier alpha value is -3.13. The maximum absolute atomic E-state index is 5.37. The highest BCUT2D eigenvalue weighted by atomic mass is 32.1. The molecule has 4 heterocycles. The number of nitrogens with one attached hydrogen (secondary N) is 1. The molecule has 4 aromatic rings. The summed E-state index contributed by atoms with van der Waals surface area (Å²) >= 11 is 1.63. The number of hydrogen-bond acceptors (Lipinski definition) is 7. The van der Waals surface area contributed by atoms with Crippen LogP contribution in [0.2, 0.25) is 0 Å². The largest absolute Gasteiger partial charge is 0.454 e. The van der Waals surface area contributed by atoms with Crippen molar-refractivity contribution in [2.75, 3.05) is 6.79 Å². The fourth-order valence-electron chi connectivity index (χ4n) is 2.47. The Morgan fingerprint density at radius 1 is 1.08 bits per heavy atom. The molecular formula is C16H10N4O3S. The second-order valence-corrected chi connectivity index (χ2v) is 6.08. The second-order valence-electron chi connectivity index (χ2n) is 5.14. The number of hydrogen-bond donors (Lipinski definition) is 1. The SMILES string of the molecule is c1csc(-c2cc(-c3nc(-c4ccc5c(c4)OCO5)no3)n[nH]2)c1. The Kier molecular flexibility index (Phi) is 2.89. The third-order valence-corrected chi connectivity index (χ3v) is 4.54. The van der Waals surface area contributed by atoms with Crippen molar-refractivity contribution in [2.24, 2.45) is 0 Å². The molecule has 7 nitrogen and oxygen atoms in total. The normalized spacial score (nSPS) is 12.7. The Morgan fingerprint density at radius 3 is 2.96 bits per heavy atom. The predicted molar refractivity (Wildman–Crippen MR) is 86.8 cm³/mol. The molecule has 8 heteroatoms. The molecule has 3 aromatic heterocycles. The van der Waals surface area contributed by atoms with Crippen molar-refractivity contribution in [1.82, 2.24) is 20.3 Å². The summed E-state index contributed by atoms with van der Waals surface area (Å²) in [6.07, 6.45) is 0. The van der Waals surface area contributed by atoms with Crippen LogP contribution in [0.3, 0.4) is 0 Å². The molecule has 118 valence electrons. The summed E-state index contributed by atoms with van der Waals surface area (Å²) < 4.78 is 16.0. The number of nitrogens with zero attached hydrogens (tertiary/aromatic N) is 3. The lowest BCUT2D eigenvalue weighted by Crippen LogP contribution is -1.92. The van der Waals surface area contributed by atoms with Gasteiger partial charge in [0, 0.05) is 5.56 Å². The maximum Gasteiger partial charge on any atom is 0.278 e. The van der Waals surface area contributed by atoms with Crippen molar-refractivity contribution < 1.29 is 14.0 Å². The van der Waals surface area contributed by atoms with Gasteiger partial charge in [0.2, 0.25) is 12.6 Å². The van der Waals surface area contributed by atoms with E-state index in [9.17, 15) is 0 Å². The summed E-state index contributed by atoms with van der Waals surface area (Å²) in [6, 6.07) is 11.4. The van der Waals surface area contributed by atoms with Gasteiger partial charge in [0.05, 0.1) is 10.6 Å². The minimum atomic E-state index is 0.231. The Labute approximate surface area is 139 Å². The standard InChI is InChI=1S/C16H10N4O3S/c1-2-14(24-5-1)10-7-11(19-18-10)16-17-15(20-23-16)9-3-4-12-13(6-9)22-8-21-12/h1-7H,8H2,(H,18,19). The van der Waals surface area contributed by atoms with Crippen molar-refractivity contribution in [3.05, 3.63) is 41.8 Å². The van der Waals surface area contributed by atoms with E-state index in [0.29, 0.717) is 23.2 Å². The number of thiophene rings is 1. The van der Waals surface area contributed by atoms with Crippen LogP contribution in [0.15, 0.2) is 46.3 Å². The van der Waals surface area contributed by atoms with Crippen LogP contribution in [0.5, 0.6) is 11.5 Å². The summed E-state index contributed by atoms with van der Waals surface area (Å²) in [5.41, 5.74) is 2.32. The zero-order chi connectivity index (χ0) is 15.9. The molecule has 5 rings (SSSR count). The molecule has 24 heavy (non-hydrogen) atoms. The lowest BCUT2D eigenvalue weighted by molar-refractivity contribution is 0.174. The van der Waals surface area contributed by atoms with Crippen LogP contribution in [0.25, 0.3) is 33.5 Å². The monoisotopic (exact) mass is 338 g/mol. The van der Waals surface area contributed by atoms with Crippen LogP contribution in [0, 0.1) is 0 Å². The molecule has 0 aliphatic carbocycles. The highest BCUT2D eigenvalue weighted by Gasteiger charge is 2.18. The minimum Gasteiger partial charge on any atom is -0.454 e. The molecule has 0 atom stereocenters. The summed E-state index contributed by atoms with van der Waals surface area (Å²) in [6.45, 7) is 0.231. The Morgan fingerprint density at radius 2 is 2.04 bits per heavy atom. The molecule has 0 fully saturated rings. The van der Waals surface area contributed by atoms with Gasteiger partial charge >= 0.3 is 0 Å². The van der Waals surface area contributed by atoms with Gasteiger partial charge in [-0.05, 0) is 35.7 Å². The molecule has 0 unspecified atom stereocenters. The molecule has 0 radical (unpaired) electrons. The third-order valence-electron chi connectivity index (χ3n) is 3.64. The van der Waals surface area contributed by atoms with E-state index >= 15 is 0 Å². The number of rotatable bonds is 3. The van der Waals surface area contributed by atoms with E-state index in [4.69, 9.17) is 14.0 Å². The summed E-state index contributed by atoms with van der Waals surface area (Å²) in [5.74, 6) is 2.24. The first-order valence-corrected chi connectivity index (χ1v) is 8.08. The average molecular weight is 338 g/mol. The van der Waals surface area contributed by atoms with Gasteiger partial charge in [-0.25, -0.2) is 0 Å². The number of H-pyrrole nitrogens is 1. The lowest BCUT2D eigenvalue weighted by atomic mass is 10.2. The number of aromatic amines is 1. The lowest BCUT2D eigenvalue weighted by Gasteiger charge is -1.97. The van der Waals surface area contributed by atoms with E-state index in [2.05, 4.69) is 20.3 Å². The van der Waals surface area contributed by atoms with Crippen molar-refractivity contribution in [3.8, 4) is 45.0 Å². The molecule has 1 aliphatic heterocycles. The molecule has 0 amide bonds. The van der Waals surface area contributed by atoms with E-state index in [1.54, 1.807) is 11.3 Å². The average Bonchev–Trinajstić information content (AvgIpc) is 3.41.